The van der Waals surface area contributed by atoms with E-state index in [4.69, 9.17) is 23.2 Å². The van der Waals surface area contributed by atoms with Crippen molar-refractivity contribution in [3.05, 3.63) is 12.3 Å². The Kier molecular flexibility index (Phi) is 6.13. The molecule has 0 fully saturated rings. The van der Waals surface area contributed by atoms with Crippen LogP contribution in [0.15, 0.2) is 12.3 Å². The number of hydrogen-bond donors (Lipinski definition) is 2. The van der Waals surface area contributed by atoms with Gasteiger partial charge in [-0.3, -0.25) is 0 Å². The van der Waals surface area contributed by atoms with E-state index < -0.39 is 12.2 Å². The molecule has 0 saturated heterocycles. The third kappa shape index (κ3) is 4.70. The summed E-state index contributed by atoms with van der Waals surface area (Å²) in [6.07, 6.45) is 4.57. The number of aliphatic hydroxyl groups is 2. The van der Waals surface area contributed by atoms with E-state index in [-0.39, 0.29) is 11.8 Å². The summed E-state index contributed by atoms with van der Waals surface area (Å²) in [6.45, 7) is 1.60. The Morgan fingerprint density at radius 3 is 2.56 bits per heavy atom. The van der Waals surface area contributed by atoms with Gasteiger partial charge in [0, 0.05) is 12.3 Å². The lowest BCUT2D eigenvalue weighted by atomic mass is 10.3. The second-order valence-electron chi connectivity index (χ2n) is 3.79. The third-order valence-electron chi connectivity index (χ3n) is 2.20. The molecule has 92 valence electrons. The van der Waals surface area contributed by atoms with Crippen molar-refractivity contribution in [1.82, 2.24) is 4.90 Å². The summed E-state index contributed by atoms with van der Waals surface area (Å²) >= 11 is 11.1. The monoisotopic (exact) mass is 267 g/mol. The molecule has 4 nitrogen and oxygen atoms in total. The Hall–Kier alpha value is -0.290. The summed E-state index contributed by atoms with van der Waals surface area (Å²) in [5.41, 5.74) is 0. The zero-order valence-corrected chi connectivity index (χ0v) is 10.5. The molecule has 0 aromatic heterocycles. The molecule has 0 spiro atoms. The van der Waals surface area contributed by atoms with Gasteiger partial charge in [0.25, 0.3) is 0 Å². The molecule has 0 radical (unpaired) electrons. The molecule has 0 amide bonds. The van der Waals surface area contributed by atoms with Gasteiger partial charge in [0.1, 0.15) is 6.10 Å². The number of allylic oxidation sites excluding steroid dienone is 1. The summed E-state index contributed by atoms with van der Waals surface area (Å²) < 4.78 is 1.94. The van der Waals surface area contributed by atoms with Crippen molar-refractivity contribution in [2.75, 3.05) is 31.5 Å². The first kappa shape index (κ1) is 13.8. The van der Waals surface area contributed by atoms with E-state index in [9.17, 15) is 10.2 Å². The van der Waals surface area contributed by atoms with E-state index in [1.807, 2.05) is 28.0 Å². The quantitative estimate of drug-likeness (QED) is 0.529. The van der Waals surface area contributed by atoms with Crippen LogP contribution in [-0.2, 0) is 0 Å². The van der Waals surface area contributed by atoms with E-state index in [1.165, 1.54) is 0 Å². The maximum Gasteiger partial charge on any atom is 0.218 e. The Bertz CT molecular complexity index is 272. The van der Waals surface area contributed by atoms with Gasteiger partial charge in [-0.1, -0.05) is 0 Å². The Morgan fingerprint density at radius 2 is 1.94 bits per heavy atom. The number of hydrogen-bond acceptors (Lipinski definition) is 3. The van der Waals surface area contributed by atoms with E-state index in [0.717, 1.165) is 0 Å². The molecule has 0 aromatic carbocycles. The molecule has 0 bridgehead atoms. The first-order chi connectivity index (χ1) is 7.65. The van der Waals surface area contributed by atoms with Gasteiger partial charge in [-0.2, -0.15) is 0 Å². The van der Waals surface area contributed by atoms with E-state index in [2.05, 4.69) is 0 Å². The van der Waals surface area contributed by atoms with Gasteiger partial charge in [-0.15, -0.1) is 23.2 Å². The fraction of sp³-hybridized carbons (Fsp3) is 0.700. The molecule has 2 unspecified atom stereocenters. The van der Waals surface area contributed by atoms with Crippen molar-refractivity contribution in [3.63, 3.8) is 0 Å². The zero-order chi connectivity index (χ0) is 12.0. The van der Waals surface area contributed by atoms with Crippen LogP contribution >= 0.6 is 23.2 Å². The van der Waals surface area contributed by atoms with Crippen molar-refractivity contribution < 1.29 is 14.8 Å². The highest BCUT2D eigenvalue weighted by atomic mass is 35.5. The molecular formula is C10H17Cl2N2O2+. The van der Waals surface area contributed by atoms with Gasteiger partial charge < -0.3 is 15.1 Å². The van der Waals surface area contributed by atoms with Gasteiger partial charge in [-0.05, 0) is 0 Å². The minimum Gasteiger partial charge on any atom is -0.390 e. The van der Waals surface area contributed by atoms with Crippen LogP contribution in [0.25, 0.3) is 0 Å². The standard InChI is InChI=1S/C10H17Cl2N2O2/c11-4-9(15)6-13-2-1-3-14(8-13)7-10(16)5-12/h1-3,9-10,15-16H,4-8H2/q+1. The molecule has 1 heterocycles. The van der Waals surface area contributed by atoms with Crippen LogP contribution in [0.2, 0.25) is 0 Å². The maximum absolute atomic E-state index is 9.42. The molecule has 1 aliphatic heterocycles. The Morgan fingerprint density at radius 1 is 1.25 bits per heavy atom. The summed E-state index contributed by atoms with van der Waals surface area (Å²) in [5, 5.41) is 18.8. The van der Waals surface area contributed by atoms with Crippen LogP contribution in [0.5, 0.6) is 0 Å². The molecule has 0 saturated carbocycles. The van der Waals surface area contributed by atoms with E-state index in [1.54, 1.807) is 0 Å². The van der Waals surface area contributed by atoms with Crippen LogP contribution in [0.1, 0.15) is 0 Å². The highest BCUT2D eigenvalue weighted by molar-refractivity contribution is 6.18. The SMILES string of the molecule is OC(CCl)CN1C=CC=[N+](CC(O)CCl)C1. The second kappa shape index (κ2) is 7.12. The average Bonchev–Trinajstić information content (AvgIpc) is 2.29. The first-order valence-corrected chi connectivity index (χ1v) is 6.20. The summed E-state index contributed by atoms with van der Waals surface area (Å²) in [4.78, 5) is 1.94. The predicted octanol–water partition coefficient (Wildman–Crippen LogP) is 0.0559. The smallest absolute Gasteiger partial charge is 0.218 e. The van der Waals surface area contributed by atoms with Gasteiger partial charge in [0.15, 0.2) is 12.8 Å². The average molecular weight is 268 g/mol. The normalized spacial score (nSPS) is 19.5. The topological polar surface area (TPSA) is 46.7 Å². The van der Waals surface area contributed by atoms with Crippen LogP contribution in [0, 0.1) is 0 Å². The number of alkyl halides is 2. The highest BCUT2D eigenvalue weighted by Gasteiger charge is 2.18. The Balaban J connectivity index is 2.41. The van der Waals surface area contributed by atoms with Gasteiger partial charge >= 0.3 is 0 Å². The molecule has 2 N–H and O–H groups in total. The first-order valence-electron chi connectivity index (χ1n) is 5.13. The molecule has 2 atom stereocenters. The second-order valence-corrected chi connectivity index (χ2v) is 4.41. The Labute approximate surface area is 105 Å². The van der Waals surface area contributed by atoms with E-state index >= 15 is 0 Å². The molecule has 6 heteroatoms. The van der Waals surface area contributed by atoms with Gasteiger partial charge in [0.2, 0.25) is 6.67 Å². The van der Waals surface area contributed by atoms with Crippen molar-refractivity contribution in [3.8, 4) is 0 Å². The maximum atomic E-state index is 9.42. The number of nitrogens with zero attached hydrogens (tertiary/aromatic N) is 2. The number of rotatable bonds is 6. The summed E-state index contributed by atoms with van der Waals surface area (Å²) in [7, 11) is 0. The fourth-order valence-electron chi connectivity index (χ4n) is 1.49. The van der Waals surface area contributed by atoms with E-state index in [0.29, 0.717) is 19.8 Å². The van der Waals surface area contributed by atoms with Crippen LogP contribution in [0.3, 0.4) is 0 Å². The predicted molar refractivity (Wildman–Crippen MR) is 65.4 cm³/mol. The minimum absolute atomic E-state index is 0.221. The third-order valence-corrected chi connectivity index (χ3v) is 2.92. The summed E-state index contributed by atoms with van der Waals surface area (Å²) in [5.74, 6) is 0.441. The number of β-amino-alcohol motifs (C(OH)–C–C–N with tert-alkyl or cyclic N) is 2. The van der Waals surface area contributed by atoms with Crippen LogP contribution < -0.4 is 0 Å². The summed E-state index contributed by atoms with van der Waals surface area (Å²) in [6, 6.07) is 0. The lowest BCUT2D eigenvalue weighted by molar-refractivity contribution is -0.550. The molecular weight excluding hydrogens is 251 g/mol. The zero-order valence-electron chi connectivity index (χ0n) is 8.97. The molecule has 1 aliphatic rings. The lowest BCUT2D eigenvalue weighted by Crippen LogP contribution is -2.40. The number of aliphatic hydroxyl groups excluding tert-OH is 2. The fourth-order valence-corrected chi connectivity index (χ4v) is 1.68. The van der Waals surface area contributed by atoms with Gasteiger partial charge in [0.05, 0.1) is 24.4 Å². The molecule has 16 heavy (non-hydrogen) atoms. The van der Waals surface area contributed by atoms with Crippen molar-refractivity contribution in [1.29, 1.82) is 0 Å². The lowest BCUT2D eigenvalue weighted by Gasteiger charge is -2.23. The number of halogens is 2. The van der Waals surface area contributed by atoms with Crippen LogP contribution in [-0.4, -0.2) is 69.6 Å². The molecule has 0 aliphatic carbocycles. The molecule has 1 rings (SSSR count). The van der Waals surface area contributed by atoms with Crippen molar-refractivity contribution in [2.45, 2.75) is 12.2 Å². The minimum atomic E-state index is -0.538. The van der Waals surface area contributed by atoms with Crippen LogP contribution in [0.4, 0.5) is 0 Å². The molecule has 0 aromatic rings. The highest BCUT2D eigenvalue weighted by Crippen LogP contribution is 2.01. The largest absolute Gasteiger partial charge is 0.390 e. The van der Waals surface area contributed by atoms with Gasteiger partial charge in [-0.25, -0.2) is 4.58 Å². The van der Waals surface area contributed by atoms with Crippen molar-refractivity contribution >= 4 is 29.4 Å². The van der Waals surface area contributed by atoms with Crippen molar-refractivity contribution in [2.24, 2.45) is 0 Å².